The van der Waals surface area contributed by atoms with Crippen LogP contribution < -0.4 is 5.32 Å². The number of halogens is 2. The van der Waals surface area contributed by atoms with Gasteiger partial charge in [-0.15, -0.1) is 0 Å². The van der Waals surface area contributed by atoms with Gasteiger partial charge in [0.2, 0.25) is 5.91 Å². The lowest BCUT2D eigenvalue weighted by Crippen LogP contribution is -2.44. The first kappa shape index (κ1) is 19.9. The number of hydrogen-bond acceptors (Lipinski definition) is 2. The zero-order chi connectivity index (χ0) is 21.1. The largest absolute Gasteiger partial charge is 0.328 e. The van der Waals surface area contributed by atoms with Crippen LogP contribution in [0.1, 0.15) is 50.4 Å². The number of benzene rings is 1. The summed E-state index contributed by atoms with van der Waals surface area (Å²) in [5.41, 5.74) is 0.553. The Morgan fingerprint density at radius 2 is 1.68 bits per heavy atom. The molecule has 0 radical (unpaired) electrons. The molecular weight excluding hydrogens is 429 g/mol. The summed E-state index contributed by atoms with van der Waals surface area (Å²) in [6.45, 7) is 0. The van der Waals surface area contributed by atoms with Crippen molar-refractivity contribution in [1.29, 1.82) is 0 Å². The van der Waals surface area contributed by atoms with Gasteiger partial charge in [0.05, 0.1) is 15.7 Å². The summed E-state index contributed by atoms with van der Waals surface area (Å²) >= 11 is 12.6. The lowest BCUT2D eigenvalue weighted by Gasteiger charge is -2.51. The number of carbonyl (C=O) groups excluding carboxylic acids is 1. The van der Waals surface area contributed by atoms with E-state index in [1.165, 1.54) is 19.3 Å². The van der Waals surface area contributed by atoms with Crippen LogP contribution >= 0.6 is 23.2 Å². The average molecular weight is 456 g/mol. The van der Waals surface area contributed by atoms with E-state index in [4.69, 9.17) is 23.2 Å². The van der Waals surface area contributed by atoms with Gasteiger partial charge in [-0.1, -0.05) is 35.3 Å². The van der Waals surface area contributed by atoms with E-state index in [1.54, 1.807) is 18.2 Å². The first-order valence-electron chi connectivity index (χ1n) is 11.6. The minimum absolute atomic E-state index is 0.0677. The maximum atomic E-state index is 13.2. The van der Waals surface area contributed by atoms with Crippen LogP contribution in [0.25, 0.3) is 6.08 Å². The molecule has 3 fully saturated rings. The van der Waals surface area contributed by atoms with Gasteiger partial charge in [0, 0.05) is 30.3 Å². The standard InChI is InChI=1S/C25H27Cl2N3O/c26-20-2-1-3-21(27)24(20)29-25(31)19-7-6-14-15-8-10-22-18(16(15)4-5-17(14)19)9-11-23-28-12-13-30(22)23/h1-3,9,11-19,22H,4-8,10H2,(H,29,31)/t14-,15-,16-,17-,18+,19+,22?/m0/s1. The van der Waals surface area contributed by atoms with E-state index < -0.39 is 0 Å². The van der Waals surface area contributed by atoms with E-state index in [0.717, 1.165) is 36.9 Å². The fraction of sp³-hybridized carbons (Fsp3) is 0.520. The first-order chi connectivity index (χ1) is 15.1. The van der Waals surface area contributed by atoms with Crippen LogP contribution in [0.15, 0.2) is 36.7 Å². The van der Waals surface area contributed by atoms with E-state index in [1.807, 2.05) is 6.20 Å². The van der Waals surface area contributed by atoms with Gasteiger partial charge in [-0.05, 0) is 80.4 Å². The Morgan fingerprint density at radius 1 is 0.968 bits per heavy atom. The lowest BCUT2D eigenvalue weighted by atomic mass is 9.56. The molecule has 3 aliphatic carbocycles. The van der Waals surface area contributed by atoms with Crippen LogP contribution in [0, 0.1) is 35.5 Å². The van der Waals surface area contributed by atoms with Crippen LogP contribution in [0.5, 0.6) is 0 Å². The van der Waals surface area contributed by atoms with Crippen molar-refractivity contribution < 1.29 is 4.79 Å². The summed E-state index contributed by atoms with van der Waals surface area (Å²) in [5.74, 6) is 4.47. The summed E-state index contributed by atoms with van der Waals surface area (Å²) in [4.78, 5) is 17.7. The van der Waals surface area contributed by atoms with Crippen molar-refractivity contribution in [3.8, 4) is 0 Å². The molecule has 2 aromatic rings. The number of aromatic nitrogens is 2. The average Bonchev–Trinajstić information content (AvgIpc) is 3.42. The van der Waals surface area contributed by atoms with Gasteiger partial charge in [0.15, 0.2) is 0 Å². The van der Waals surface area contributed by atoms with Crippen LogP contribution in [-0.4, -0.2) is 15.5 Å². The zero-order valence-corrected chi connectivity index (χ0v) is 18.9. The second kappa shape index (κ2) is 7.67. The fourth-order valence-electron chi connectivity index (χ4n) is 7.39. The fourth-order valence-corrected chi connectivity index (χ4v) is 7.89. The van der Waals surface area contributed by atoms with Crippen LogP contribution in [0.2, 0.25) is 10.0 Å². The third-order valence-electron chi connectivity index (χ3n) is 8.62. The van der Waals surface area contributed by atoms with Gasteiger partial charge in [-0.3, -0.25) is 4.79 Å². The molecule has 0 spiro atoms. The van der Waals surface area contributed by atoms with E-state index in [0.29, 0.717) is 39.5 Å². The number of anilines is 1. The minimum Gasteiger partial charge on any atom is -0.328 e. The molecule has 2 heterocycles. The number of nitrogens with one attached hydrogen (secondary N) is 1. The highest BCUT2D eigenvalue weighted by atomic mass is 35.5. The predicted octanol–water partition coefficient (Wildman–Crippen LogP) is 6.48. The number of allylic oxidation sites excluding steroid dienone is 1. The second-order valence-corrected chi connectivity index (χ2v) is 10.6. The Kier molecular flexibility index (Phi) is 4.92. The number of rotatable bonds is 2. The van der Waals surface area contributed by atoms with Crippen LogP contribution in [0.4, 0.5) is 5.69 Å². The zero-order valence-electron chi connectivity index (χ0n) is 17.4. The Balaban J connectivity index is 1.19. The summed E-state index contributed by atoms with van der Waals surface area (Å²) in [5, 5.41) is 4.06. The number of carbonyl (C=O) groups is 1. The van der Waals surface area contributed by atoms with Gasteiger partial charge in [-0.2, -0.15) is 0 Å². The molecule has 1 aromatic carbocycles. The van der Waals surface area contributed by atoms with Crippen molar-refractivity contribution in [1.82, 2.24) is 9.55 Å². The molecule has 1 aliphatic heterocycles. The molecule has 162 valence electrons. The second-order valence-electron chi connectivity index (χ2n) is 9.78. The molecule has 1 N–H and O–H groups in total. The molecule has 3 saturated carbocycles. The van der Waals surface area contributed by atoms with E-state index in [-0.39, 0.29) is 11.8 Å². The predicted molar refractivity (Wildman–Crippen MR) is 124 cm³/mol. The van der Waals surface area contributed by atoms with Crippen molar-refractivity contribution in [2.45, 2.75) is 44.6 Å². The molecular formula is C25H27Cl2N3O. The summed E-state index contributed by atoms with van der Waals surface area (Å²) in [7, 11) is 0. The van der Waals surface area contributed by atoms with Crippen molar-refractivity contribution in [3.05, 3.63) is 52.5 Å². The highest BCUT2D eigenvalue weighted by Crippen LogP contribution is 2.58. The van der Waals surface area contributed by atoms with Crippen molar-refractivity contribution in [2.75, 3.05) is 5.32 Å². The SMILES string of the molecule is O=C(Nc1c(Cl)cccc1Cl)[C@@H]1CC[C@H]2[C@@H]3CCC4[C@H](C=Cc5nccn54)[C@H]3CC[C@@H]21. The normalized spacial score (nSPS) is 35.6. The number of hydrogen-bond donors (Lipinski definition) is 1. The molecule has 0 saturated heterocycles. The quantitative estimate of drug-likeness (QED) is 0.563. The van der Waals surface area contributed by atoms with Crippen molar-refractivity contribution in [3.63, 3.8) is 0 Å². The molecule has 31 heavy (non-hydrogen) atoms. The molecule has 0 bridgehead atoms. The molecule has 6 heteroatoms. The Bertz CT molecular complexity index is 1030. The molecule has 4 nitrogen and oxygen atoms in total. The number of nitrogens with zero attached hydrogens (tertiary/aromatic N) is 2. The Hall–Kier alpha value is -1.78. The number of amides is 1. The smallest absolute Gasteiger partial charge is 0.227 e. The number of fused-ring (bicyclic) bond motifs is 7. The van der Waals surface area contributed by atoms with Crippen LogP contribution in [-0.2, 0) is 4.79 Å². The highest BCUT2D eigenvalue weighted by Gasteiger charge is 2.52. The third-order valence-corrected chi connectivity index (χ3v) is 9.25. The Morgan fingerprint density at radius 3 is 2.52 bits per heavy atom. The van der Waals surface area contributed by atoms with E-state index in [9.17, 15) is 4.79 Å². The van der Waals surface area contributed by atoms with Gasteiger partial charge in [0.1, 0.15) is 5.82 Å². The number of imidazole rings is 1. The number of para-hydroxylation sites is 1. The van der Waals surface area contributed by atoms with Crippen molar-refractivity contribution in [2.24, 2.45) is 35.5 Å². The van der Waals surface area contributed by atoms with Gasteiger partial charge >= 0.3 is 0 Å². The Labute approximate surface area is 193 Å². The van der Waals surface area contributed by atoms with Gasteiger partial charge in [-0.25, -0.2) is 4.98 Å². The molecule has 6 rings (SSSR count). The maximum absolute atomic E-state index is 13.2. The monoisotopic (exact) mass is 455 g/mol. The summed E-state index contributed by atoms with van der Waals surface area (Å²) < 4.78 is 2.39. The lowest BCUT2D eigenvalue weighted by molar-refractivity contribution is -0.122. The topological polar surface area (TPSA) is 46.9 Å². The van der Waals surface area contributed by atoms with E-state index in [2.05, 4.69) is 33.2 Å². The first-order valence-corrected chi connectivity index (χ1v) is 12.3. The molecule has 1 amide bonds. The highest BCUT2D eigenvalue weighted by molar-refractivity contribution is 6.39. The van der Waals surface area contributed by atoms with E-state index >= 15 is 0 Å². The minimum atomic E-state index is 0.0677. The molecule has 1 aromatic heterocycles. The van der Waals surface area contributed by atoms with Gasteiger partial charge < -0.3 is 9.88 Å². The maximum Gasteiger partial charge on any atom is 0.227 e. The van der Waals surface area contributed by atoms with Gasteiger partial charge in [0.25, 0.3) is 0 Å². The third kappa shape index (κ3) is 3.17. The molecule has 4 aliphatic rings. The molecule has 1 unspecified atom stereocenters. The molecule has 7 atom stereocenters. The van der Waals surface area contributed by atoms with Crippen LogP contribution in [0.3, 0.4) is 0 Å². The van der Waals surface area contributed by atoms with Crippen molar-refractivity contribution >= 4 is 40.9 Å². The summed E-state index contributed by atoms with van der Waals surface area (Å²) in [6, 6.07) is 5.90. The summed E-state index contributed by atoms with van der Waals surface area (Å²) in [6.07, 6.45) is 15.7.